The normalized spacial score (nSPS) is 10.5. The molecule has 0 spiro atoms. The van der Waals surface area contributed by atoms with Crippen molar-refractivity contribution in [2.75, 3.05) is 11.9 Å². The third-order valence-electron chi connectivity index (χ3n) is 4.08. The van der Waals surface area contributed by atoms with Crippen LogP contribution in [-0.4, -0.2) is 23.3 Å². The Morgan fingerprint density at radius 2 is 1.93 bits per heavy atom. The van der Waals surface area contributed by atoms with Crippen LogP contribution in [0.1, 0.15) is 18.2 Å². The summed E-state index contributed by atoms with van der Waals surface area (Å²) >= 11 is 1.35. The molecule has 0 radical (unpaired) electrons. The average molecular weight is 397 g/mol. The lowest BCUT2D eigenvalue weighted by Crippen LogP contribution is -2.34. The molecule has 0 saturated heterocycles. The summed E-state index contributed by atoms with van der Waals surface area (Å²) in [5.41, 5.74) is 3.04. The largest absolute Gasteiger partial charge is 0.347 e. The highest BCUT2D eigenvalue weighted by molar-refractivity contribution is 7.13. The Labute approximate surface area is 166 Å². The van der Waals surface area contributed by atoms with E-state index >= 15 is 0 Å². The molecule has 5 nitrogen and oxygen atoms in total. The molecule has 0 bridgehead atoms. The standard InChI is InChI=1S/C21H20FN3O2S/c1-2-14-6-3-4-9-18(14)25-20(27)12-23-19(26)11-17-13-28-21(24-17)15-7-5-8-16(22)10-15/h3-10,13H,2,11-12H2,1H3,(H,23,26)(H,25,27). The molecule has 2 N–H and O–H groups in total. The van der Waals surface area contributed by atoms with Gasteiger partial charge in [0.15, 0.2) is 0 Å². The lowest BCUT2D eigenvalue weighted by molar-refractivity contribution is -0.123. The zero-order valence-corrected chi connectivity index (χ0v) is 16.2. The molecular weight excluding hydrogens is 377 g/mol. The van der Waals surface area contributed by atoms with Crippen LogP contribution in [0, 0.1) is 5.82 Å². The van der Waals surface area contributed by atoms with Crippen molar-refractivity contribution >= 4 is 28.8 Å². The number of thiazole rings is 1. The number of hydrogen-bond acceptors (Lipinski definition) is 4. The van der Waals surface area contributed by atoms with Gasteiger partial charge in [0.2, 0.25) is 11.8 Å². The fourth-order valence-corrected chi connectivity index (χ4v) is 3.51. The maximum absolute atomic E-state index is 13.3. The van der Waals surface area contributed by atoms with Gasteiger partial charge in [-0.2, -0.15) is 0 Å². The second-order valence-corrected chi connectivity index (χ2v) is 7.02. The third-order valence-corrected chi connectivity index (χ3v) is 5.02. The molecule has 1 aromatic heterocycles. The number of para-hydroxylation sites is 1. The second-order valence-electron chi connectivity index (χ2n) is 6.17. The highest BCUT2D eigenvalue weighted by Gasteiger charge is 2.11. The molecule has 0 atom stereocenters. The van der Waals surface area contributed by atoms with E-state index in [2.05, 4.69) is 15.6 Å². The van der Waals surface area contributed by atoms with E-state index in [0.717, 1.165) is 17.7 Å². The molecule has 0 unspecified atom stereocenters. The Bertz CT molecular complexity index is 987. The fraction of sp³-hybridized carbons (Fsp3) is 0.190. The molecule has 0 saturated carbocycles. The predicted octanol–water partition coefficient (Wildman–Crippen LogP) is 3.81. The topological polar surface area (TPSA) is 71.1 Å². The molecule has 144 valence electrons. The van der Waals surface area contributed by atoms with Gasteiger partial charge < -0.3 is 10.6 Å². The van der Waals surface area contributed by atoms with Gasteiger partial charge in [-0.3, -0.25) is 9.59 Å². The van der Waals surface area contributed by atoms with Crippen LogP contribution in [-0.2, 0) is 22.4 Å². The van der Waals surface area contributed by atoms with E-state index in [1.807, 2.05) is 31.2 Å². The molecular formula is C21H20FN3O2S. The maximum Gasteiger partial charge on any atom is 0.243 e. The summed E-state index contributed by atoms with van der Waals surface area (Å²) in [4.78, 5) is 28.6. The van der Waals surface area contributed by atoms with E-state index in [1.54, 1.807) is 17.5 Å². The summed E-state index contributed by atoms with van der Waals surface area (Å²) in [6, 6.07) is 13.7. The minimum absolute atomic E-state index is 0.0602. The van der Waals surface area contributed by atoms with Crippen LogP contribution in [0.15, 0.2) is 53.9 Å². The summed E-state index contributed by atoms with van der Waals surface area (Å²) in [5, 5.41) is 7.82. The molecule has 2 aromatic carbocycles. The molecule has 0 aliphatic heterocycles. The zero-order chi connectivity index (χ0) is 19.9. The van der Waals surface area contributed by atoms with Crippen LogP contribution in [0.5, 0.6) is 0 Å². The van der Waals surface area contributed by atoms with Crippen LogP contribution in [0.2, 0.25) is 0 Å². The highest BCUT2D eigenvalue weighted by Crippen LogP contribution is 2.24. The SMILES string of the molecule is CCc1ccccc1NC(=O)CNC(=O)Cc1csc(-c2cccc(F)c2)n1. The lowest BCUT2D eigenvalue weighted by Gasteiger charge is -2.10. The van der Waals surface area contributed by atoms with Crippen LogP contribution in [0.3, 0.4) is 0 Å². The van der Waals surface area contributed by atoms with Gasteiger partial charge in [0.1, 0.15) is 10.8 Å². The fourth-order valence-electron chi connectivity index (χ4n) is 2.69. The van der Waals surface area contributed by atoms with Gasteiger partial charge in [-0.25, -0.2) is 9.37 Å². The first kappa shape index (κ1) is 19.7. The Kier molecular flexibility index (Phi) is 6.49. The smallest absolute Gasteiger partial charge is 0.243 e. The van der Waals surface area contributed by atoms with Crippen molar-refractivity contribution in [2.45, 2.75) is 19.8 Å². The van der Waals surface area contributed by atoms with Gasteiger partial charge in [0.05, 0.1) is 18.7 Å². The monoisotopic (exact) mass is 397 g/mol. The van der Waals surface area contributed by atoms with E-state index in [4.69, 9.17) is 0 Å². The first-order valence-corrected chi connectivity index (χ1v) is 9.78. The zero-order valence-electron chi connectivity index (χ0n) is 15.4. The van der Waals surface area contributed by atoms with Crippen LogP contribution >= 0.6 is 11.3 Å². The van der Waals surface area contributed by atoms with E-state index in [0.29, 0.717) is 16.3 Å². The number of nitrogens with zero attached hydrogens (tertiary/aromatic N) is 1. The van der Waals surface area contributed by atoms with E-state index in [9.17, 15) is 14.0 Å². The number of benzene rings is 2. The van der Waals surface area contributed by atoms with Crippen LogP contribution in [0.4, 0.5) is 10.1 Å². The number of aryl methyl sites for hydroxylation is 1. The highest BCUT2D eigenvalue weighted by atomic mass is 32.1. The minimum Gasteiger partial charge on any atom is -0.347 e. The van der Waals surface area contributed by atoms with Gasteiger partial charge in [-0.05, 0) is 30.2 Å². The van der Waals surface area contributed by atoms with Gasteiger partial charge in [-0.15, -0.1) is 11.3 Å². The Morgan fingerprint density at radius 3 is 2.71 bits per heavy atom. The molecule has 0 fully saturated rings. The number of hydrogen-bond donors (Lipinski definition) is 2. The predicted molar refractivity (Wildman–Crippen MR) is 109 cm³/mol. The Balaban J connectivity index is 1.51. The number of carbonyl (C=O) groups excluding carboxylic acids is 2. The van der Waals surface area contributed by atoms with Crippen molar-refractivity contribution in [1.29, 1.82) is 0 Å². The van der Waals surface area contributed by atoms with Crippen molar-refractivity contribution in [2.24, 2.45) is 0 Å². The summed E-state index contributed by atoms with van der Waals surface area (Å²) in [7, 11) is 0. The Hall–Kier alpha value is -3.06. The van der Waals surface area contributed by atoms with Crippen LogP contribution < -0.4 is 10.6 Å². The number of aromatic nitrogens is 1. The first-order chi connectivity index (χ1) is 13.5. The van der Waals surface area contributed by atoms with Crippen molar-refractivity contribution in [1.82, 2.24) is 10.3 Å². The number of rotatable bonds is 7. The quantitative estimate of drug-likeness (QED) is 0.637. The molecule has 2 amide bonds. The first-order valence-electron chi connectivity index (χ1n) is 8.90. The van der Waals surface area contributed by atoms with E-state index < -0.39 is 0 Å². The summed E-state index contributed by atoms with van der Waals surface area (Å²) in [6.45, 7) is 1.90. The van der Waals surface area contributed by atoms with Gasteiger partial charge in [-0.1, -0.05) is 37.3 Å². The minimum atomic E-state index is -0.331. The van der Waals surface area contributed by atoms with Gasteiger partial charge in [0, 0.05) is 16.6 Å². The molecule has 3 rings (SSSR count). The molecule has 28 heavy (non-hydrogen) atoms. The summed E-state index contributed by atoms with van der Waals surface area (Å²) in [5.74, 6) is -0.911. The van der Waals surface area contributed by atoms with E-state index in [1.165, 1.54) is 23.5 Å². The molecule has 0 aliphatic carbocycles. The number of carbonyl (C=O) groups is 2. The molecule has 1 heterocycles. The number of halogens is 1. The molecule has 7 heteroatoms. The summed E-state index contributed by atoms with van der Waals surface area (Å²) in [6.07, 6.45) is 0.866. The average Bonchev–Trinajstić information content (AvgIpc) is 3.15. The van der Waals surface area contributed by atoms with Crippen molar-refractivity contribution in [3.05, 3.63) is 71.0 Å². The maximum atomic E-state index is 13.3. The number of anilines is 1. The number of nitrogens with one attached hydrogen (secondary N) is 2. The van der Waals surface area contributed by atoms with Crippen molar-refractivity contribution in [3.8, 4) is 10.6 Å². The van der Waals surface area contributed by atoms with Gasteiger partial charge >= 0.3 is 0 Å². The van der Waals surface area contributed by atoms with Crippen LogP contribution in [0.25, 0.3) is 10.6 Å². The third kappa shape index (κ3) is 5.23. The van der Waals surface area contributed by atoms with Crippen molar-refractivity contribution in [3.63, 3.8) is 0 Å². The number of amides is 2. The van der Waals surface area contributed by atoms with E-state index in [-0.39, 0.29) is 30.6 Å². The van der Waals surface area contributed by atoms with Gasteiger partial charge in [0.25, 0.3) is 0 Å². The lowest BCUT2D eigenvalue weighted by atomic mass is 10.1. The second kappa shape index (κ2) is 9.23. The molecule has 3 aromatic rings. The van der Waals surface area contributed by atoms with Crippen molar-refractivity contribution < 1.29 is 14.0 Å². The molecule has 0 aliphatic rings. The Morgan fingerprint density at radius 1 is 1.11 bits per heavy atom. The summed E-state index contributed by atoms with van der Waals surface area (Å²) < 4.78 is 13.3.